The van der Waals surface area contributed by atoms with Crippen molar-refractivity contribution >= 4 is 11.7 Å². The molecule has 2 aliphatic carbocycles. The van der Waals surface area contributed by atoms with E-state index in [0.29, 0.717) is 12.1 Å². The number of rotatable bonds is 3. The maximum absolute atomic E-state index is 11.7. The Kier molecular flexibility index (Phi) is 3.72. The van der Waals surface area contributed by atoms with Crippen LogP contribution in [0.5, 0.6) is 0 Å². The summed E-state index contributed by atoms with van der Waals surface area (Å²) < 4.78 is 5.21. The number of amides is 1. The maximum Gasteiger partial charge on any atom is 0.407 e. The van der Waals surface area contributed by atoms with E-state index in [-0.39, 0.29) is 11.7 Å². The van der Waals surface area contributed by atoms with Gasteiger partial charge in [0.25, 0.3) is 0 Å². The molecule has 3 N–H and O–H groups in total. The number of benzene rings is 1. The number of aliphatic hydroxyl groups is 2. The topological polar surface area (TPSA) is 78.8 Å². The Morgan fingerprint density at radius 1 is 1.38 bits per heavy atom. The van der Waals surface area contributed by atoms with E-state index < -0.39 is 17.3 Å². The average molecular weight is 329 g/mol. The molecule has 1 aromatic rings. The number of ether oxygens (including phenoxy) is 1. The van der Waals surface area contributed by atoms with E-state index in [1.54, 1.807) is 6.92 Å². The van der Waals surface area contributed by atoms with Crippen LogP contribution >= 0.6 is 0 Å². The molecule has 0 bridgehead atoms. The Labute approximate surface area is 141 Å². The predicted molar refractivity (Wildman–Crippen MR) is 91.3 cm³/mol. The predicted octanol–water partition coefficient (Wildman–Crippen LogP) is 3.30. The molecule has 1 saturated carbocycles. The molecule has 128 valence electrons. The van der Waals surface area contributed by atoms with Crippen LogP contribution in [0.25, 0.3) is 5.57 Å². The highest BCUT2D eigenvalue weighted by atomic mass is 16.6. The zero-order valence-corrected chi connectivity index (χ0v) is 14.4. The van der Waals surface area contributed by atoms with E-state index in [9.17, 15) is 15.0 Å². The van der Waals surface area contributed by atoms with Crippen LogP contribution < -0.4 is 5.32 Å². The van der Waals surface area contributed by atoms with Crippen LogP contribution in [-0.4, -0.2) is 27.5 Å². The summed E-state index contributed by atoms with van der Waals surface area (Å²) in [7, 11) is 0. The molecule has 0 aromatic heterocycles. The highest BCUT2D eigenvalue weighted by Crippen LogP contribution is 2.59. The Bertz CT molecular complexity index is 753. The van der Waals surface area contributed by atoms with Crippen LogP contribution in [0.2, 0.25) is 0 Å². The van der Waals surface area contributed by atoms with Crippen molar-refractivity contribution in [1.29, 1.82) is 0 Å². The number of carbonyl (C=O) groups excluding carboxylic acids is 1. The first-order chi connectivity index (χ1) is 11.1. The second kappa shape index (κ2) is 5.38. The number of aliphatic hydroxyl groups excluding tert-OH is 1. The second-order valence-electron chi connectivity index (χ2n) is 7.52. The molecule has 24 heavy (non-hydrogen) atoms. The summed E-state index contributed by atoms with van der Waals surface area (Å²) in [6.07, 6.45) is 1.43. The summed E-state index contributed by atoms with van der Waals surface area (Å²) >= 11 is 0. The smallest absolute Gasteiger partial charge is 0.407 e. The van der Waals surface area contributed by atoms with E-state index in [1.807, 2.05) is 51.1 Å². The molecule has 5 nitrogen and oxygen atoms in total. The van der Waals surface area contributed by atoms with Gasteiger partial charge in [0.2, 0.25) is 0 Å². The lowest BCUT2D eigenvalue weighted by Crippen LogP contribution is -2.32. The van der Waals surface area contributed by atoms with Crippen LogP contribution in [0.4, 0.5) is 4.79 Å². The molecule has 0 spiro atoms. The Balaban J connectivity index is 1.68. The zero-order valence-electron chi connectivity index (χ0n) is 14.4. The lowest BCUT2D eigenvalue weighted by Gasteiger charge is -2.19. The molecule has 1 unspecified atom stereocenters. The lowest BCUT2D eigenvalue weighted by molar-refractivity contribution is 0.0523. The van der Waals surface area contributed by atoms with E-state index in [4.69, 9.17) is 4.74 Å². The monoisotopic (exact) mass is 329 g/mol. The van der Waals surface area contributed by atoms with Gasteiger partial charge in [-0.25, -0.2) is 4.79 Å². The molecule has 1 aromatic carbocycles. The maximum atomic E-state index is 11.7. The van der Waals surface area contributed by atoms with Crippen molar-refractivity contribution in [2.45, 2.75) is 45.4 Å². The summed E-state index contributed by atoms with van der Waals surface area (Å²) in [6.45, 7) is 7.50. The van der Waals surface area contributed by atoms with Crippen LogP contribution in [0.15, 0.2) is 41.7 Å². The summed E-state index contributed by atoms with van der Waals surface area (Å²) in [5.41, 5.74) is 1.77. The molecule has 0 radical (unpaired) electrons. The fourth-order valence-corrected chi connectivity index (χ4v) is 3.05. The van der Waals surface area contributed by atoms with E-state index >= 15 is 0 Å². The Morgan fingerprint density at radius 3 is 2.67 bits per heavy atom. The highest BCUT2D eigenvalue weighted by molar-refractivity contribution is 5.86. The largest absolute Gasteiger partial charge is 0.507 e. The van der Waals surface area contributed by atoms with Crippen LogP contribution in [0.3, 0.4) is 0 Å². The number of nitrogens with one attached hydrogen (secondary N) is 1. The minimum absolute atomic E-state index is 0.0870. The summed E-state index contributed by atoms with van der Waals surface area (Å²) in [4.78, 5) is 11.7. The first-order valence-corrected chi connectivity index (χ1v) is 8.04. The molecule has 1 amide bonds. The SMILES string of the molecule is CC(C)(C)OC(=O)NCc1cccc(C2=C[C@@H]3C(=C2O)C3(C)O)c1. The molecule has 2 atom stereocenters. The zero-order chi connectivity index (χ0) is 17.7. The van der Waals surface area contributed by atoms with Crippen molar-refractivity contribution in [3.05, 3.63) is 52.8 Å². The van der Waals surface area contributed by atoms with Gasteiger partial charge in [0.15, 0.2) is 0 Å². The number of alkyl carbamates (subject to hydrolysis) is 1. The Morgan fingerprint density at radius 2 is 2.08 bits per heavy atom. The molecule has 3 rings (SSSR count). The van der Waals surface area contributed by atoms with Gasteiger partial charge in [-0.2, -0.15) is 0 Å². The van der Waals surface area contributed by atoms with E-state index in [2.05, 4.69) is 5.32 Å². The quantitative estimate of drug-likeness (QED) is 0.795. The lowest BCUT2D eigenvalue weighted by atomic mass is 10.0. The van der Waals surface area contributed by atoms with Gasteiger partial charge < -0.3 is 20.3 Å². The van der Waals surface area contributed by atoms with Gasteiger partial charge in [-0.3, -0.25) is 0 Å². The van der Waals surface area contributed by atoms with Crippen molar-refractivity contribution < 1.29 is 19.7 Å². The third kappa shape index (κ3) is 3.04. The summed E-state index contributed by atoms with van der Waals surface area (Å²) in [5.74, 6) is 0.0818. The molecule has 5 heteroatoms. The normalized spacial score (nSPS) is 25.2. The van der Waals surface area contributed by atoms with Gasteiger partial charge in [0.1, 0.15) is 11.4 Å². The standard InChI is InChI=1S/C19H23NO4/c1-18(2,3)24-17(22)20-10-11-6-5-7-12(8-11)13-9-14-15(16(13)21)19(14,4)23/h5-9,14,21,23H,10H2,1-4H3,(H,20,22)/t14-,19?/m1/s1. The van der Waals surface area contributed by atoms with Crippen molar-refractivity contribution in [1.82, 2.24) is 5.32 Å². The Hall–Kier alpha value is -2.27. The fraction of sp³-hybridized carbons (Fsp3) is 0.421. The van der Waals surface area contributed by atoms with E-state index in [0.717, 1.165) is 16.7 Å². The fourth-order valence-electron chi connectivity index (χ4n) is 3.05. The van der Waals surface area contributed by atoms with Crippen LogP contribution in [-0.2, 0) is 11.3 Å². The molecule has 0 aliphatic heterocycles. The number of carbonyl (C=O) groups is 1. The van der Waals surface area contributed by atoms with Gasteiger partial charge in [-0.05, 0) is 44.9 Å². The van der Waals surface area contributed by atoms with Gasteiger partial charge in [0.05, 0.1) is 5.60 Å². The summed E-state index contributed by atoms with van der Waals surface area (Å²) in [5, 5.41) is 23.0. The third-order valence-corrected chi connectivity index (χ3v) is 4.30. The molecule has 0 saturated heterocycles. The van der Waals surface area contributed by atoms with Crippen molar-refractivity contribution in [2.75, 3.05) is 0 Å². The molecule has 0 heterocycles. The number of fused-ring (bicyclic) bond motifs is 1. The molecular weight excluding hydrogens is 306 g/mol. The second-order valence-corrected chi connectivity index (χ2v) is 7.52. The van der Waals surface area contributed by atoms with Gasteiger partial charge in [0, 0.05) is 23.6 Å². The molecule has 2 aliphatic rings. The average Bonchev–Trinajstić information content (AvgIpc) is 2.82. The number of hydrogen-bond donors (Lipinski definition) is 3. The molecule has 1 fully saturated rings. The third-order valence-electron chi connectivity index (χ3n) is 4.30. The molecular formula is C19H23NO4. The minimum Gasteiger partial charge on any atom is -0.507 e. The number of hydrogen-bond acceptors (Lipinski definition) is 4. The van der Waals surface area contributed by atoms with Crippen molar-refractivity contribution in [2.24, 2.45) is 5.92 Å². The summed E-state index contributed by atoms with van der Waals surface area (Å²) in [6, 6.07) is 7.60. The van der Waals surface area contributed by atoms with Crippen LogP contribution in [0.1, 0.15) is 38.8 Å². The first-order valence-electron chi connectivity index (χ1n) is 8.04. The van der Waals surface area contributed by atoms with Crippen LogP contribution in [0, 0.1) is 5.92 Å². The first kappa shape index (κ1) is 16.6. The van der Waals surface area contributed by atoms with Gasteiger partial charge >= 0.3 is 6.09 Å². The van der Waals surface area contributed by atoms with E-state index in [1.165, 1.54) is 0 Å². The van der Waals surface area contributed by atoms with Gasteiger partial charge in [-0.1, -0.05) is 24.3 Å². The van der Waals surface area contributed by atoms with Crippen molar-refractivity contribution in [3.8, 4) is 0 Å². The number of allylic oxidation sites excluding steroid dienone is 1. The minimum atomic E-state index is -0.899. The highest BCUT2D eigenvalue weighted by Gasteiger charge is 2.59. The van der Waals surface area contributed by atoms with Crippen molar-refractivity contribution in [3.63, 3.8) is 0 Å². The van der Waals surface area contributed by atoms with Gasteiger partial charge in [-0.15, -0.1) is 0 Å².